The molecule has 2 unspecified atom stereocenters. The smallest absolute Gasteiger partial charge is 0.256 e. The molecule has 5 atom stereocenters. The minimum Gasteiger partial charge on any atom is -0.497 e. The highest BCUT2D eigenvalue weighted by molar-refractivity contribution is 6.74. The second-order valence-corrected chi connectivity index (χ2v) is 20.5. The molecule has 0 aromatic heterocycles. The molecule has 56 heavy (non-hydrogen) atoms. The van der Waals surface area contributed by atoms with E-state index in [2.05, 4.69) is 80.6 Å². The predicted molar refractivity (Wildman–Crippen MR) is 221 cm³/mol. The zero-order valence-corrected chi connectivity index (χ0v) is 34.1. The van der Waals surface area contributed by atoms with Crippen LogP contribution in [0.3, 0.4) is 0 Å². The first-order valence-corrected chi connectivity index (χ1v) is 21.9. The molecule has 7 rings (SSSR count). The van der Waals surface area contributed by atoms with E-state index in [0.717, 1.165) is 28.2 Å². The number of hydrogen-bond donors (Lipinski definition) is 1. The zero-order chi connectivity index (χ0) is 39.5. The Kier molecular flexibility index (Phi) is 11.3. The van der Waals surface area contributed by atoms with Gasteiger partial charge in [0.15, 0.2) is 20.5 Å². The maximum absolute atomic E-state index is 13.1. The molecule has 3 aliphatic heterocycles. The van der Waals surface area contributed by atoms with Gasteiger partial charge in [0.25, 0.3) is 5.91 Å². The minimum atomic E-state index is -2.28. The molecule has 12 heteroatoms. The van der Waals surface area contributed by atoms with Crippen molar-refractivity contribution in [3.8, 4) is 11.5 Å². The minimum absolute atomic E-state index is 0.0351. The van der Waals surface area contributed by atoms with Crippen molar-refractivity contribution in [2.45, 2.75) is 81.6 Å². The van der Waals surface area contributed by atoms with E-state index < -0.39 is 38.5 Å². The van der Waals surface area contributed by atoms with E-state index >= 15 is 0 Å². The molecule has 4 aromatic carbocycles. The van der Waals surface area contributed by atoms with Crippen molar-refractivity contribution in [1.29, 1.82) is 0 Å². The van der Waals surface area contributed by atoms with E-state index in [1.54, 1.807) is 32.7 Å². The van der Waals surface area contributed by atoms with Gasteiger partial charge in [-0.25, -0.2) is 9.98 Å². The number of ether oxygens (including phenoxy) is 4. The standard InChI is InChI=1S/C44H51N5O6Si/c1-43(2,3)56(6,7)55-36-26-38(49-29-47-39-40(45-28-46-41(39)49)48-42(50)30-14-10-8-11-15-30)54-37(36)27-53-44(31-16-12-9-13-17-31,32-18-22-34(51-4)23-19-32)33-20-24-35(52-5)25-21-33/h8-25,28-29,36-39,41H,26-27H2,1-7H3,(H,45,46,48,50)/t36-,37+,38+,39?,41?/m0/s1. The van der Waals surface area contributed by atoms with Gasteiger partial charge >= 0.3 is 0 Å². The summed E-state index contributed by atoms with van der Waals surface area (Å²) in [5.74, 6) is 1.69. The van der Waals surface area contributed by atoms with Crippen molar-refractivity contribution in [3.05, 3.63) is 131 Å². The summed E-state index contributed by atoms with van der Waals surface area (Å²) < 4.78 is 32.6. The van der Waals surface area contributed by atoms with Gasteiger partial charge in [0.1, 0.15) is 41.6 Å². The fraction of sp³-hybridized carbons (Fsp3) is 0.364. The maximum atomic E-state index is 13.1. The molecular formula is C44H51N5O6Si. The molecule has 0 aliphatic carbocycles. The topological polar surface area (TPSA) is 116 Å². The largest absolute Gasteiger partial charge is 0.497 e. The molecule has 1 N–H and O–H groups in total. The first-order chi connectivity index (χ1) is 26.9. The van der Waals surface area contributed by atoms with Crippen LogP contribution in [0.5, 0.6) is 11.5 Å². The molecule has 0 radical (unpaired) electrons. The van der Waals surface area contributed by atoms with Gasteiger partial charge in [0, 0.05) is 12.0 Å². The van der Waals surface area contributed by atoms with Crippen LogP contribution in [-0.2, 0) is 19.5 Å². The number of methoxy groups -OCH3 is 2. The highest BCUT2D eigenvalue weighted by Crippen LogP contribution is 2.44. The Morgan fingerprint density at radius 3 is 1.96 bits per heavy atom. The molecule has 1 amide bonds. The van der Waals surface area contributed by atoms with Gasteiger partial charge < -0.3 is 33.6 Å². The lowest BCUT2D eigenvalue weighted by molar-refractivity contribution is -0.101. The summed E-state index contributed by atoms with van der Waals surface area (Å²) in [5, 5.41) is 2.93. The Hall–Kier alpha value is -5.14. The summed E-state index contributed by atoms with van der Waals surface area (Å²) in [6.07, 6.45) is 2.22. The van der Waals surface area contributed by atoms with Crippen LogP contribution in [0.2, 0.25) is 18.1 Å². The Morgan fingerprint density at radius 1 is 0.821 bits per heavy atom. The Balaban J connectivity index is 1.20. The van der Waals surface area contributed by atoms with Gasteiger partial charge in [-0.15, -0.1) is 0 Å². The van der Waals surface area contributed by atoms with Crippen molar-refractivity contribution >= 4 is 32.7 Å². The summed E-state index contributed by atoms with van der Waals surface area (Å²) in [5.41, 5.74) is 2.33. The van der Waals surface area contributed by atoms with Gasteiger partial charge in [-0.2, -0.15) is 0 Å². The third-order valence-corrected chi connectivity index (χ3v) is 15.8. The van der Waals surface area contributed by atoms with Crippen molar-refractivity contribution in [3.63, 3.8) is 0 Å². The number of benzene rings is 4. The fourth-order valence-electron chi connectivity index (χ4n) is 7.19. The van der Waals surface area contributed by atoms with Crippen molar-refractivity contribution < 1.29 is 28.2 Å². The quantitative estimate of drug-likeness (QED) is 0.118. The van der Waals surface area contributed by atoms with Crippen molar-refractivity contribution in [2.75, 3.05) is 20.8 Å². The first kappa shape index (κ1) is 39.1. The lowest BCUT2D eigenvalue weighted by Gasteiger charge is -2.40. The summed E-state index contributed by atoms with van der Waals surface area (Å²) >= 11 is 0. The molecule has 3 aliphatic rings. The van der Waals surface area contributed by atoms with Crippen LogP contribution in [-0.4, -0.2) is 89.1 Å². The first-order valence-electron chi connectivity index (χ1n) is 19.0. The molecule has 1 saturated heterocycles. The van der Waals surface area contributed by atoms with E-state index in [0.29, 0.717) is 17.8 Å². The van der Waals surface area contributed by atoms with E-state index in [1.807, 2.05) is 65.6 Å². The molecular weight excluding hydrogens is 723 g/mol. The zero-order valence-electron chi connectivity index (χ0n) is 33.1. The number of rotatable bonds is 12. The number of carbonyl (C=O) groups excluding carboxylic acids is 1. The highest BCUT2D eigenvalue weighted by Gasteiger charge is 2.50. The molecule has 3 heterocycles. The second kappa shape index (κ2) is 16.1. The van der Waals surface area contributed by atoms with Crippen LogP contribution in [0, 0.1) is 0 Å². The third kappa shape index (κ3) is 7.79. The van der Waals surface area contributed by atoms with Crippen LogP contribution >= 0.6 is 0 Å². The number of nitrogens with zero attached hydrogens (tertiary/aromatic N) is 4. The van der Waals surface area contributed by atoms with Crippen molar-refractivity contribution in [1.82, 2.24) is 10.2 Å². The Bertz CT molecular complexity index is 2000. The highest BCUT2D eigenvalue weighted by atomic mass is 28.4. The molecule has 0 spiro atoms. The lowest BCUT2D eigenvalue weighted by atomic mass is 9.80. The summed E-state index contributed by atoms with van der Waals surface area (Å²) in [7, 11) is 1.05. The van der Waals surface area contributed by atoms with Crippen LogP contribution in [0.4, 0.5) is 0 Å². The molecule has 292 valence electrons. The second-order valence-electron chi connectivity index (χ2n) is 15.8. The molecule has 0 bridgehead atoms. The van der Waals surface area contributed by atoms with Gasteiger partial charge in [-0.3, -0.25) is 9.79 Å². The average molecular weight is 774 g/mol. The number of fused-ring (bicyclic) bond motifs is 1. The SMILES string of the molecule is COc1ccc(C(OC[C@H]2O[C@@H](N3C=NC4C(NC(=O)c5ccccc5)=NC=NC43)C[C@@H]2O[Si](C)(C)C(C)(C)C)(c2ccccc2)c2ccc(OC)cc2)cc1. The maximum Gasteiger partial charge on any atom is 0.256 e. The lowest BCUT2D eigenvalue weighted by Crippen LogP contribution is -2.50. The molecule has 11 nitrogen and oxygen atoms in total. The Morgan fingerprint density at radius 2 is 1.39 bits per heavy atom. The van der Waals surface area contributed by atoms with E-state index in [9.17, 15) is 4.79 Å². The molecule has 0 saturated carbocycles. The number of carbonyl (C=O) groups is 1. The van der Waals surface area contributed by atoms with E-state index in [-0.39, 0.29) is 23.7 Å². The van der Waals surface area contributed by atoms with Crippen LogP contribution in [0.25, 0.3) is 0 Å². The summed E-state index contributed by atoms with van der Waals surface area (Å²) in [6.45, 7) is 11.5. The summed E-state index contributed by atoms with van der Waals surface area (Å²) in [6, 6.07) is 34.8. The average Bonchev–Trinajstić information content (AvgIpc) is 3.83. The van der Waals surface area contributed by atoms with Gasteiger partial charge in [-0.05, 0) is 71.2 Å². The number of amides is 1. The monoisotopic (exact) mass is 773 g/mol. The van der Waals surface area contributed by atoms with Gasteiger partial charge in [0.05, 0.1) is 33.3 Å². The number of nitrogens with one attached hydrogen (secondary N) is 1. The van der Waals surface area contributed by atoms with Crippen LogP contribution < -0.4 is 14.8 Å². The predicted octanol–water partition coefficient (Wildman–Crippen LogP) is 7.43. The fourth-order valence-corrected chi connectivity index (χ4v) is 8.55. The van der Waals surface area contributed by atoms with Crippen LogP contribution in [0.1, 0.15) is 54.2 Å². The van der Waals surface area contributed by atoms with E-state index in [4.69, 9.17) is 33.4 Å². The Labute approximate surface area is 330 Å². The third-order valence-electron chi connectivity index (χ3n) is 11.3. The number of hydrogen-bond acceptors (Lipinski definition) is 10. The number of amidine groups is 1. The normalized spacial score (nSPS) is 22.1. The van der Waals surface area contributed by atoms with Gasteiger partial charge in [-0.1, -0.05) is 93.6 Å². The van der Waals surface area contributed by atoms with Crippen molar-refractivity contribution in [2.24, 2.45) is 15.0 Å². The molecule has 1 fully saturated rings. The summed E-state index contributed by atoms with van der Waals surface area (Å²) in [4.78, 5) is 29.0. The van der Waals surface area contributed by atoms with Crippen LogP contribution in [0.15, 0.2) is 124 Å². The van der Waals surface area contributed by atoms with E-state index in [1.165, 1.54) is 6.34 Å². The number of aliphatic imine (C=N–C) groups is 3. The van der Waals surface area contributed by atoms with Gasteiger partial charge in [0.2, 0.25) is 0 Å². The molecule has 4 aromatic rings.